The summed E-state index contributed by atoms with van der Waals surface area (Å²) in [5, 5.41) is 0. The summed E-state index contributed by atoms with van der Waals surface area (Å²) < 4.78 is 0. The van der Waals surface area contributed by atoms with Crippen molar-refractivity contribution in [3.05, 3.63) is 12.2 Å². The molecule has 2 aliphatic rings. The van der Waals surface area contributed by atoms with Crippen molar-refractivity contribution < 1.29 is 4.84 Å². The van der Waals surface area contributed by atoms with Crippen LogP contribution in [0.15, 0.2) is 12.2 Å². The molecule has 8 heavy (non-hydrogen) atoms. The van der Waals surface area contributed by atoms with Crippen molar-refractivity contribution in [1.82, 2.24) is 5.48 Å². The first-order valence-corrected chi connectivity index (χ1v) is 2.54. The molecule has 0 amide bonds. The van der Waals surface area contributed by atoms with Crippen LogP contribution in [0.1, 0.15) is 6.42 Å². The van der Waals surface area contributed by atoms with Crippen molar-refractivity contribution >= 4 is 12.4 Å². The topological polar surface area (TPSA) is 21.3 Å². The molecule has 1 aliphatic carbocycles. The number of fused-ring (bicyclic) bond motifs is 2. The van der Waals surface area contributed by atoms with Crippen LogP contribution in [-0.2, 0) is 4.84 Å². The molecule has 2 bridgehead atoms. The third-order valence-electron chi connectivity index (χ3n) is 1.42. The summed E-state index contributed by atoms with van der Waals surface area (Å²) in [4.78, 5) is 5.02. The summed E-state index contributed by atoms with van der Waals surface area (Å²) in [5.74, 6) is 0. The molecule has 1 fully saturated rings. The van der Waals surface area contributed by atoms with Crippen LogP contribution in [-0.4, -0.2) is 12.1 Å². The third kappa shape index (κ3) is 0.749. The first-order valence-electron chi connectivity index (χ1n) is 2.54. The van der Waals surface area contributed by atoms with Crippen LogP contribution < -0.4 is 5.48 Å². The zero-order valence-corrected chi connectivity index (χ0v) is 5.15. The van der Waals surface area contributed by atoms with Gasteiger partial charge in [0.15, 0.2) is 0 Å². The fourth-order valence-corrected chi connectivity index (χ4v) is 1.02. The largest absolute Gasteiger partial charge is 0.294 e. The molecule has 2 unspecified atom stereocenters. The molecular weight excluding hydrogens is 126 g/mol. The fourth-order valence-electron chi connectivity index (χ4n) is 1.02. The molecule has 0 aromatic rings. The zero-order chi connectivity index (χ0) is 4.69. The Kier molecular flexibility index (Phi) is 1.56. The molecule has 0 aromatic carbocycles. The maximum absolute atomic E-state index is 5.02. The number of halogens is 1. The zero-order valence-electron chi connectivity index (χ0n) is 4.33. The van der Waals surface area contributed by atoms with Gasteiger partial charge in [-0.3, -0.25) is 4.84 Å². The van der Waals surface area contributed by atoms with Gasteiger partial charge in [-0.1, -0.05) is 12.2 Å². The highest BCUT2D eigenvalue weighted by Gasteiger charge is 2.26. The lowest BCUT2D eigenvalue weighted by atomic mass is 10.3. The smallest absolute Gasteiger partial charge is 0.0990 e. The van der Waals surface area contributed by atoms with E-state index in [-0.39, 0.29) is 12.4 Å². The van der Waals surface area contributed by atoms with Gasteiger partial charge in [-0.15, -0.1) is 12.4 Å². The van der Waals surface area contributed by atoms with E-state index < -0.39 is 0 Å². The van der Waals surface area contributed by atoms with Gasteiger partial charge in [0.2, 0.25) is 0 Å². The summed E-state index contributed by atoms with van der Waals surface area (Å²) in [6.07, 6.45) is 5.76. The standard InChI is InChI=1S/C5H7NO.ClH/c1-2-5-3-4(1)6-7-5;/h1-2,4-6H,3H2;1H. The monoisotopic (exact) mass is 133 g/mol. The summed E-state index contributed by atoms with van der Waals surface area (Å²) in [6.45, 7) is 0. The van der Waals surface area contributed by atoms with Crippen molar-refractivity contribution in [3.63, 3.8) is 0 Å². The van der Waals surface area contributed by atoms with E-state index in [1.165, 1.54) is 0 Å². The van der Waals surface area contributed by atoms with Gasteiger partial charge in [0.25, 0.3) is 0 Å². The Balaban J connectivity index is 0.000000320. The van der Waals surface area contributed by atoms with Gasteiger partial charge in [-0.2, -0.15) is 5.48 Å². The van der Waals surface area contributed by atoms with E-state index >= 15 is 0 Å². The molecule has 0 saturated carbocycles. The summed E-state index contributed by atoms with van der Waals surface area (Å²) in [5.41, 5.74) is 2.87. The van der Waals surface area contributed by atoms with Crippen LogP contribution in [0.3, 0.4) is 0 Å². The summed E-state index contributed by atoms with van der Waals surface area (Å²) in [6, 6.07) is 0.519. The van der Waals surface area contributed by atoms with E-state index in [4.69, 9.17) is 4.84 Å². The lowest BCUT2D eigenvalue weighted by Crippen LogP contribution is -2.19. The highest BCUT2D eigenvalue weighted by atomic mass is 35.5. The van der Waals surface area contributed by atoms with E-state index in [0.717, 1.165) is 6.42 Å². The molecule has 2 nitrogen and oxygen atoms in total. The van der Waals surface area contributed by atoms with Gasteiger partial charge >= 0.3 is 0 Å². The van der Waals surface area contributed by atoms with Gasteiger partial charge in [0, 0.05) is 6.42 Å². The fraction of sp³-hybridized carbons (Fsp3) is 0.600. The highest BCUT2D eigenvalue weighted by molar-refractivity contribution is 5.85. The Hall–Kier alpha value is -0.0500. The Morgan fingerprint density at radius 3 is 2.50 bits per heavy atom. The number of hydroxylamine groups is 1. The molecule has 2 atom stereocenters. The molecule has 0 aromatic heterocycles. The van der Waals surface area contributed by atoms with E-state index in [1.54, 1.807) is 0 Å². The minimum absolute atomic E-state index is 0. The molecule has 0 spiro atoms. The van der Waals surface area contributed by atoms with Crippen LogP contribution in [0.4, 0.5) is 0 Å². The maximum Gasteiger partial charge on any atom is 0.0990 e. The first-order chi connectivity index (χ1) is 3.45. The average Bonchev–Trinajstić information content (AvgIpc) is 2.22. The van der Waals surface area contributed by atoms with E-state index in [2.05, 4.69) is 17.6 Å². The molecule has 3 heteroatoms. The lowest BCUT2D eigenvalue weighted by Gasteiger charge is -2.02. The van der Waals surface area contributed by atoms with Crippen molar-refractivity contribution in [2.45, 2.75) is 18.6 Å². The van der Waals surface area contributed by atoms with Gasteiger partial charge in [0.1, 0.15) is 0 Å². The Morgan fingerprint density at radius 2 is 2.38 bits per heavy atom. The van der Waals surface area contributed by atoms with Gasteiger partial charge < -0.3 is 0 Å². The van der Waals surface area contributed by atoms with Crippen LogP contribution in [0.25, 0.3) is 0 Å². The predicted octanol–water partition coefficient (Wildman–Crippen LogP) is 0.640. The van der Waals surface area contributed by atoms with E-state index in [9.17, 15) is 0 Å². The Bertz CT molecular complexity index is 103. The second-order valence-electron chi connectivity index (χ2n) is 2.00. The Morgan fingerprint density at radius 1 is 1.50 bits per heavy atom. The van der Waals surface area contributed by atoms with Crippen molar-refractivity contribution in [2.24, 2.45) is 0 Å². The number of hydrogen-bond acceptors (Lipinski definition) is 2. The second-order valence-corrected chi connectivity index (χ2v) is 2.00. The molecule has 1 heterocycles. The lowest BCUT2D eigenvalue weighted by molar-refractivity contribution is 0.0483. The Labute approximate surface area is 54.3 Å². The van der Waals surface area contributed by atoms with E-state index in [0.29, 0.717) is 12.1 Å². The molecule has 1 N–H and O–H groups in total. The molecule has 1 saturated heterocycles. The second kappa shape index (κ2) is 2.05. The number of nitrogens with one attached hydrogen (secondary N) is 1. The van der Waals surface area contributed by atoms with Crippen molar-refractivity contribution in [3.8, 4) is 0 Å². The molecule has 1 aliphatic heterocycles. The SMILES string of the molecule is C1=CC2CC1NO2.Cl. The minimum Gasteiger partial charge on any atom is -0.294 e. The van der Waals surface area contributed by atoms with Crippen LogP contribution >= 0.6 is 12.4 Å². The summed E-state index contributed by atoms with van der Waals surface area (Å²) >= 11 is 0. The third-order valence-corrected chi connectivity index (χ3v) is 1.42. The molecule has 0 radical (unpaired) electrons. The predicted molar refractivity (Wildman–Crippen MR) is 32.8 cm³/mol. The van der Waals surface area contributed by atoms with Crippen molar-refractivity contribution in [2.75, 3.05) is 0 Å². The van der Waals surface area contributed by atoms with Gasteiger partial charge in [0.05, 0.1) is 12.1 Å². The summed E-state index contributed by atoms with van der Waals surface area (Å²) in [7, 11) is 0. The molecule has 46 valence electrons. The van der Waals surface area contributed by atoms with Crippen LogP contribution in [0.2, 0.25) is 0 Å². The normalized spacial score (nSPS) is 40.0. The van der Waals surface area contributed by atoms with Crippen molar-refractivity contribution in [1.29, 1.82) is 0 Å². The number of hydrogen-bond donors (Lipinski definition) is 1. The quantitative estimate of drug-likeness (QED) is 0.490. The highest BCUT2D eigenvalue weighted by Crippen LogP contribution is 2.19. The van der Waals surface area contributed by atoms with Crippen LogP contribution in [0, 0.1) is 0 Å². The maximum atomic E-state index is 5.02. The average molecular weight is 134 g/mol. The van der Waals surface area contributed by atoms with E-state index in [1.807, 2.05) is 0 Å². The van der Waals surface area contributed by atoms with Crippen LogP contribution in [0.5, 0.6) is 0 Å². The molecule has 2 rings (SSSR count). The van der Waals surface area contributed by atoms with Gasteiger partial charge in [-0.05, 0) is 0 Å². The molecular formula is C5H8ClNO. The first kappa shape index (κ1) is 6.08. The minimum atomic E-state index is 0. The van der Waals surface area contributed by atoms with Gasteiger partial charge in [-0.25, -0.2) is 0 Å². The number of rotatable bonds is 0.